The lowest BCUT2D eigenvalue weighted by Crippen LogP contribution is -2.32. The standard InChI is InChI=1S/C17H12ClN5O2S/c18-13-9-5-4-8-12(13)10-19-21-15(25)14(24)20-17-23-22-16(26-17)11-6-2-1-3-7-11/h1-10H,(H,21,25)(H,20,23,24). The summed E-state index contributed by atoms with van der Waals surface area (Å²) in [5.41, 5.74) is 3.62. The molecule has 0 aliphatic rings. The number of hydrogen-bond acceptors (Lipinski definition) is 6. The van der Waals surface area contributed by atoms with Gasteiger partial charge >= 0.3 is 11.8 Å². The molecular weight excluding hydrogens is 374 g/mol. The SMILES string of the molecule is O=C(NN=Cc1ccccc1Cl)C(=O)Nc1nnc(-c2ccccc2)s1. The highest BCUT2D eigenvalue weighted by Gasteiger charge is 2.16. The number of carbonyl (C=O) groups excluding carboxylic acids is 2. The highest BCUT2D eigenvalue weighted by atomic mass is 35.5. The fourth-order valence-corrected chi connectivity index (χ4v) is 2.84. The minimum atomic E-state index is -0.926. The largest absolute Gasteiger partial charge is 0.329 e. The van der Waals surface area contributed by atoms with Crippen LogP contribution in [0.4, 0.5) is 5.13 Å². The van der Waals surface area contributed by atoms with E-state index in [0.29, 0.717) is 15.6 Å². The normalized spacial score (nSPS) is 10.7. The molecule has 0 saturated carbocycles. The molecule has 0 aliphatic heterocycles. The van der Waals surface area contributed by atoms with Gasteiger partial charge in [-0.25, -0.2) is 5.43 Å². The van der Waals surface area contributed by atoms with Gasteiger partial charge in [-0.15, -0.1) is 10.2 Å². The average Bonchev–Trinajstić information content (AvgIpc) is 3.12. The fraction of sp³-hybridized carbons (Fsp3) is 0. The summed E-state index contributed by atoms with van der Waals surface area (Å²) in [4.78, 5) is 23.7. The van der Waals surface area contributed by atoms with E-state index in [2.05, 4.69) is 26.0 Å². The minimum absolute atomic E-state index is 0.221. The number of aromatic nitrogens is 2. The van der Waals surface area contributed by atoms with Gasteiger partial charge in [-0.05, 0) is 6.07 Å². The van der Waals surface area contributed by atoms with Gasteiger partial charge in [-0.2, -0.15) is 5.10 Å². The van der Waals surface area contributed by atoms with Crippen LogP contribution in [-0.2, 0) is 9.59 Å². The lowest BCUT2D eigenvalue weighted by Gasteiger charge is -2.00. The molecule has 26 heavy (non-hydrogen) atoms. The molecule has 130 valence electrons. The molecule has 0 bridgehead atoms. The second-order valence-electron chi connectivity index (χ2n) is 4.95. The Labute approximate surface area is 157 Å². The quantitative estimate of drug-likeness (QED) is 0.410. The first-order valence-electron chi connectivity index (χ1n) is 7.41. The van der Waals surface area contributed by atoms with Crippen molar-refractivity contribution in [2.75, 3.05) is 5.32 Å². The minimum Gasteiger partial charge on any atom is -0.292 e. The van der Waals surface area contributed by atoms with Crippen molar-refractivity contribution >= 4 is 46.1 Å². The predicted molar refractivity (Wildman–Crippen MR) is 101 cm³/mol. The third-order valence-corrected chi connectivity index (χ3v) is 4.38. The Hall–Kier alpha value is -3.10. The monoisotopic (exact) mass is 385 g/mol. The maximum Gasteiger partial charge on any atom is 0.329 e. The van der Waals surface area contributed by atoms with Gasteiger partial charge in [0.15, 0.2) is 0 Å². The number of benzene rings is 2. The van der Waals surface area contributed by atoms with Crippen molar-refractivity contribution < 1.29 is 9.59 Å². The molecule has 0 saturated heterocycles. The van der Waals surface area contributed by atoms with Crippen LogP contribution >= 0.6 is 22.9 Å². The van der Waals surface area contributed by atoms with Crippen molar-refractivity contribution in [3.05, 3.63) is 65.2 Å². The summed E-state index contributed by atoms with van der Waals surface area (Å²) in [5.74, 6) is -1.82. The summed E-state index contributed by atoms with van der Waals surface area (Å²) in [6.45, 7) is 0. The van der Waals surface area contributed by atoms with Crippen LogP contribution in [0.2, 0.25) is 5.02 Å². The third kappa shape index (κ3) is 4.50. The van der Waals surface area contributed by atoms with Crippen LogP contribution in [0.3, 0.4) is 0 Å². The zero-order valence-electron chi connectivity index (χ0n) is 13.2. The number of amides is 2. The van der Waals surface area contributed by atoms with Gasteiger partial charge in [0.05, 0.1) is 6.21 Å². The van der Waals surface area contributed by atoms with Crippen LogP contribution in [0, 0.1) is 0 Å². The molecule has 9 heteroatoms. The summed E-state index contributed by atoms with van der Waals surface area (Å²) in [7, 11) is 0. The van der Waals surface area contributed by atoms with Crippen LogP contribution in [0.15, 0.2) is 59.7 Å². The van der Waals surface area contributed by atoms with Crippen molar-refractivity contribution in [2.24, 2.45) is 5.10 Å². The molecular formula is C17H12ClN5O2S. The van der Waals surface area contributed by atoms with E-state index in [1.807, 2.05) is 30.3 Å². The molecule has 0 radical (unpaired) electrons. The predicted octanol–water partition coefficient (Wildman–Crippen LogP) is 2.95. The zero-order valence-corrected chi connectivity index (χ0v) is 14.8. The molecule has 7 nitrogen and oxygen atoms in total. The number of rotatable bonds is 4. The molecule has 3 aromatic rings. The van der Waals surface area contributed by atoms with E-state index < -0.39 is 11.8 Å². The molecule has 0 atom stereocenters. The number of hydrazone groups is 1. The van der Waals surface area contributed by atoms with Crippen LogP contribution in [0.25, 0.3) is 10.6 Å². The average molecular weight is 386 g/mol. The molecule has 1 heterocycles. The Kier molecular flexibility index (Phi) is 5.67. The molecule has 2 aromatic carbocycles. The van der Waals surface area contributed by atoms with Gasteiger partial charge < -0.3 is 0 Å². The second-order valence-corrected chi connectivity index (χ2v) is 6.34. The van der Waals surface area contributed by atoms with E-state index in [9.17, 15) is 9.59 Å². The van der Waals surface area contributed by atoms with Crippen molar-refractivity contribution in [1.29, 1.82) is 0 Å². The second kappa shape index (κ2) is 8.32. The summed E-state index contributed by atoms with van der Waals surface area (Å²) >= 11 is 7.13. The molecule has 0 aliphatic carbocycles. The number of anilines is 1. The van der Waals surface area contributed by atoms with Crippen LogP contribution < -0.4 is 10.7 Å². The van der Waals surface area contributed by atoms with Gasteiger partial charge in [0, 0.05) is 16.1 Å². The Morgan fingerprint density at radius 2 is 1.73 bits per heavy atom. The molecule has 3 rings (SSSR count). The maximum absolute atomic E-state index is 11.9. The van der Waals surface area contributed by atoms with Crippen LogP contribution in [-0.4, -0.2) is 28.2 Å². The van der Waals surface area contributed by atoms with Crippen LogP contribution in [0.5, 0.6) is 0 Å². The van der Waals surface area contributed by atoms with E-state index >= 15 is 0 Å². The first kappa shape index (κ1) is 17.7. The molecule has 0 fully saturated rings. The highest BCUT2D eigenvalue weighted by Crippen LogP contribution is 2.25. The lowest BCUT2D eigenvalue weighted by atomic mass is 10.2. The van der Waals surface area contributed by atoms with Crippen molar-refractivity contribution in [2.45, 2.75) is 0 Å². The maximum atomic E-state index is 11.9. The Balaban J connectivity index is 1.57. The van der Waals surface area contributed by atoms with Crippen molar-refractivity contribution in [3.63, 3.8) is 0 Å². The van der Waals surface area contributed by atoms with Gasteiger partial charge in [0.25, 0.3) is 0 Å². The molecule has 2 amide bonds. The van der Waals surface area contributed by atoms with Gasteiger partial charge in [0.2, 0.25) is 5.13 Å². The van der Waals surface area contributed by atoms with Crippen molar-refractivity contribution in [1.82, 2.24) is 15.6 Å². The van der Waals surface area contributed by atoms with E-state index in [1.54, 1.807) is 24.3 Å². The van der Waals surface area contributed by atoms with E-state index in [-0.39, 0.29) is 5.13 Å². The molecule has 0 spiro atoms. The number of nitrogens with zero attached hydrogens (tertiary/aromatic N) is 3. The zero-order chi connectivity index (χ0) is 18.4. The lowest BCUT2D eigenvalue weighted by molar-refractivity contribution is -0.136. The Morgan fingerprint density at radius 1 is 1.00 bits per heavy atom. The summed E-state index contributed by atoms with van der Waals surface area (Å²) < 4.78 is 0. The first-order valence-corrected chi connectivity index (χ1v) is 8.61. The fourth-order valence-electron chi connectivity index (χ4n) is 1.92. The first-order chi connectivity index (χ1) is 12.6. The van der Waals surface area contributed by atoms with Gasteiger partial charge in [-0.1, -0.05) is 71.5 Å². The van der Waals surface area contributed by atoms with Crippen molar-refractivity contribution in [3.8, 4) is 10.6 Å². The van der Waals surface area contributed by atoms with E-state index in [0.717, 1.165) is 16.9 Å². The number of nitrogens with one attached hydrogen (secondary N) is 2. The molecule has 0 unspecified atom stereocenters. The smallest absolute Gasteiger partial charge is 0.292 e. The third-order valence-electron chi connectivity index (χ3n) is 3.15. The van der Waals surface area contributed by atoms with E-state index in [4.69, 9.17) is 11.6 Å². The summed E-state index contributed by atoms with van der Waals surface area (Å²) in [6.07, 6.45) is 1.35. The number of halogens is 1. The summed E-state index contributed by atoms with van der Waals surface area (Å²) in [6, 6.07) is 16.4. The highest BCUT2D eigenvalue weighted by molar-refractivity contribution is 7.18. The van der Waals surface area contributed by atoms with Gasteiger partial charge in [0.1, 0.15) is 5.01 Å². The molecule has 2 N–H and O–H groups in total. The topological polar surface area (TPSA) is 96.3 Å². The van der Waals surface area contributed by atoms with Crippen LogP contribution in [0.1, 0.15) is 5.56 Å². The Bertz CT molecular complexity index is 959. The van der Waals surface area contributed by atoms with Gasteiger partial charge in [-0.3, -0.25) is 14.9 Å². The Morgan fingerprint density at radius 3 is 2.50 bits per heavy atom. The summed E-state index contributed by atoms with van der Waals surface area (Å²) in [5, 5.41) is 15.3. The molecule has 1 aromatic heterocycles. The number of hydrogen-bond donors (Lipinski definition) is 2. The number of carbonyl (C=O) groups is 2. The van der Waals surface area contributed by atoms with E-state index in [1.165, 1.54) is 6.21 Å².